The van der Waals surface area contributed by atoms with Crippen LogP contribution in [0.5, 0.6) is 0 Å². The quantitative estimate of drug-likeness (QED) is 0.702. The second-order valence-corrected chi connectivity index (χ2v) is 6.33. The maximum absolute atomic E-state index is 11.9. The van der Waals surface area contributed by atoms with Crippen molar-refractivity contribution in [3.05, 3.63) is 34.5 Å². The monoisotopic (exact) mass is 409 g/mol. The topological polar surface area (TPSA) is 92.5 Å². The third-order valence-corrected chi connectivity index (χ3v) is 4.10. The van der Waals surface area contributed by atoms with E-state index in [0.717, 1.165) is 24.7 Å². The molecule has 1 fully saturated rings. The van der Waals surface area contributed by atoms with Gasteiger partial charge in [-0.15, -0.1) is 0 Å². The molecule has 0 aromatic carbocycles. The first-order valence-corrected chi connectivity index (χ1v) is 8.87. The molecule has 2 aromatic rings. The summed E-state index contributed by atoms with van der Waals surface area (Å²) in [4.78, 5) is 22.9. The maximum Gasteiger partial charge on any atom is 0.287 e. The lowest BCUT2D eigenvalue weighted by Gasteiger charge is -2.28. The van der Waals surface area contributed by atoms with Gasteiger partial charge in [0.25, 0.3) is 5.91 Å². The Morgan fingerprint density at radius 1 is 1.28 bits per heavy atom. The van der Waals surface area contributed by atoms with Gasteiger partial charge in [-0.1, -0.05) is 0 Å². The van der Waals surface area contributed by atoms with Gasteiger partial charge in [-0.2, -0.15) is 0 Å². The van der Waals surface area contributed by atoms with Gasteiger partial charge in [0.2, 0.25) is 0 Å². The molecule has 3 heterocycles. The highest BCUT2D eigenvalue weighted by atomic mass is 79.9. The van der Waals surface area contributed by atoms with E-state index in [2.05, 4.69) is 41.4 Å². The number of carbonyl (C=O) groups excluding carboxylic acids is 1. The highest BCUT2D eigenvalue weighted by Crippen LogP contribution is 2.17. The minimum absolute atomic E-state index is 0.250. The van der Waals surface area contributed by atoms with Crippen molar-refractivity contribution < 1.29 is 13.9 Å². The first kappa shape index (κ1) is 17.7. The van der Waals surface area contributed by atoms with Crippen molar-refractivity contribution in [2.45, 2.75) is 6.92 Å². The number of nitrogens with zero attached hydrogens (tertiary/aromatic N) is 3. The Morgan fingerprint density at radius 3 is 2.80 bits per heavy atom. The van der Waals surface area contributed by atoms with Crippen LogP contribution in [-0.2, 0) is 4.74 Å². The van der Waals surface area contributed by atoms with E-state index in [4.69, 9.17) is 9.15 Å². The van der Waals surface area contributed by atoms with E-state index in [1.807, 2.05) is 13.0 Å². The molecule has 1 aliphatic heterocycles. The first-order chi connectivity index (χ1) is 12.1. The molecule has 2 aromatic heterocycles. The van der Waals surface area contributed by atoms with Gasteiger partial charge in [-0.25, -0.2) is 9.97 Å². The lowest BCUT2D eigenvalue weighted by atomic mass is 10.4. The van der Waals surface area contributed by atoms with E-state index in [1.165, 1.54) is 0 Å². The molecule has 8 nitrogen and oxygen atoms in total. The number of ether oxygens (including phenoxy) is 1. The second kappa shape index (κ2) is 8.30. The molecule has 0 bridgehead atoms. The Balaban J connectivity index is 1.51. The number of anilines is 2. The molecule has 1 saturated heterocycles. The fourth-order valence-corrected chi connectivity index (χ4v) is 2.79. The Labute approximate surface area is 154 Å². The number of morpholine rings is 1. The van der Waals surface area contributed by atoms with Crippen LogP contribution in [0.1, 0.15) is 16.4 Å². The predicted molar refractivity (Wildman–Crippen MR) is 97.0 cm³/mol. The summed E-state index contributed by atoms with van der Waals surface area (Å²) in [6, 6.07) is 5.23. The van der Waals surface area contributed by atoms with Crippen LogP contribution in [0.2, 0.25) is 0 Å². The van der Waals surface area contributed by atoms with Crippen LogP contribution in [0.3, 0.4) is 0 Å². The van der Waals surface area contributed by atoms with Crippen LogP contribution in [0.25, 0.3) is 0 Å². The fourth-order valence-electron chi connectivity index (χ4n) is 2.49. The first-order valence-electron chi connectivity index (χ1n) is 8.07. The van der Waals surface area contributed by atoms with Crippen molar-refractivity contribution in [1.29, 1.82) is 0 Å². The zero-order valence-electron chi connectivity index (χ0n) is 13.9. The Bertz CT molecular complexity index is 730. The molecule has 0 saturated carbocycles. The van der Waals surface area contributed by atoms with E-state index in [1.54, 1.807) is 12.1 Å². The molecule has 1 amide bonds. The summed E-state index contributed by atoms with van der Waals surface area (Å²) < 4.78 is 11.1. The van der Waals surface area contributed by atoms with Gasteiger partial charge in [0.05, 0.1) is 13.2 Å². The van der Waals surface area contributed by atoms with E-state index in [0.29, 0.717) is 36.8 Å². The number of nitrogens with one attached hydrogen (secondary N) is 2. The number of carbonyl (C=O) groups is 1. The number of aryl methyl sites for hydroxylation is 1. The lowest BCUT2D eigenvalue weighted by molar-refractivity contribution is 0.0926. The van der Waals surface area contributed by atoms with Crippen LogP contribution in [0, 0.1) is 6.92 Å². The second-order valence-electron chi connectivity index (χ2n) is 5.54. The van der Waals surface area contributed by atoms with Crippen molar-refractivity contribution in [3.8, 4) is 0 Å². The summed E-state index contributed by atoms with van der Waals surface area (Å²) in [5, 5.41) is 6.00. The van der Waals surface area contributed by atoms with Gasteiger partial charge in [0, 0.05) is 32.2 Å². The van der Waals surface area contributed by atoms with E-state index in [-0.39, 0.29) is 11.7 Å². The number of furan rings is 1. The number of amides is 1. The molecule has 0 atom stereocenters. The molecular weight excluding hydrogens is 390 g/mol. The Kier molecular flexibility index (Phi) is 5.87. The standard InChI is InChI=1S/C16H20BrN5O3/c1-11-20-14(10-15(21-11)22-6-8-24-9-7-22)18-4-5-19-16(23)12-2-3-13(17)25-12/h2-3,10H,4-9H2,1H3,(H,19,23)(H,18,20,21). The molecule has 134 valence electrons. The van der Waals surface area contributed by atoms with Crippen LogP contribution in [0.15, 0.2) is 27.3 Å². The highest BCUT2D eigenvalue weighted by Gasteiger charge is 2.14. The molecule has 1 aliphatic rings. The molecule has 0 radical (unpaired) electrons. The number of halogens is 1. The average molecular weight is 410 g/mol. The third kappa shape index (κ3) is 4.93. The third-order valence-electron chi connectivity index (χ3n) is 3.67. The summed E-state index contributed by atoms with van der Waals surface area (Å²) in [5.74, 6) is 2.36. The van der Waals surface area contributed by atoms with Crippen LogP contribution in [-0.4, -0.2) is 55.3 Å². The molecule has 0 aliphatic carbocycles. The fraction of sp³-hybridized carbons (Fsp3) is 0.438. The normalized spacial score (nSPS) is 14.4. The van der Waals surface area contributed by atoms with Gasteiger partial charge >= 0.3 is 0 Å². The van der Waals surface area contributed by atoms with Crippen molar-refractivity contribution in [2.24, 2.45) is 0 Å². The molecular formula is C16H20BrN5O3. The predicted octanol–water partition coefficient (Wildman–Crippen LogP) is 1.82. The van der Waals surface area contributed by atoms with Gasteiger partial charge in [-0.05, 0) is 35.0 Å². The summed E-state index contributed by atoms with van der Waals surface area (Å²) >= 11 is 3.17. The number of aromatic nitrogens is 2. The van der Waals surface area contributed by atoms with Crippen molar-refractivity contribution in [3.63, 3.8) is 0 Å². The van der Waals surface area contributed by atoms with Gasteiger partial charge in [0.15, 0.2) is 10.4 Å². The number of hydrogen-bond donors (Lipinski definition) is 2. The van der Waals surface area contributed by atoms with Crippen LogP contribution < -0.4 is 15.5 Å². The highest BCUT2D eigenvalue weighted by molar-refractivity contribution is 9.10. The summed E-state index contributed by atoms with van der Waals surface area (Å²) in [7, 11) is 0. The average Bonchev–Trinajstić information content (AvgIpc) is 3.05. The van der Waals surface area contributed by atoms with Gasteiger partial charge in [-0.3, -0.25) is 4.79 Å². The number of hydrogen-bond acceptors (Lipinski definition) is 7. The maximum atomic E-state index is 11.9. The zero-order chi connectivity index (χ0) is 17.6. The van der Waals surface area contributed by atoms with E-state index < -0.39 is 0 Å². The van der Waals surface area contributed by atoms with Crippen LogP contribution in [0.4, 0.5) is 11.6 Å². The van der Waals surface area contributed by atoms with Crippen LogP contribution >= 0.6 is 15.9 Å². The minimum atomic E-state index is -0.250. The summed E-state index contributed by atoms with van der Waals surface area (Å²) in [5.41, 5.74) is 0. The molecule has 25 heavy (non-hydrogen) atoms. The SMILES string of the molecule is Cc1nc(NCCNC(=O)c2ccc(Br)o2)cc(N2CCOCC2)n1. The Hall–Kier alpha value is -2.13. The van der Waals surface area contributed by atoms with Gasteiger partial charge < -0.3 is 24.7 Å². The summed E-state index contributed by atoms with van der Waals surface area (Å²) in [6.07, 6.45) is 0. The lowest BCUT2D eigenvalue weighted by Crippen LogP contribution is -2.37. The molecule has 9 heteroatoms. The van der Waals surface area contributed by atoms with Crippen molar-refractivity contribution in [2.75, 3.05) is 49.6 Å². The smallest absolute Gasteiger partial charge is 0.287 e. The number of rotatable bonds is 6. The van der Waals surface area contributed by atoms with Gasteiger partial charge in [0.1, 0.15) is 17.5 Å². The molecule has 3 rings (SSSR count). The minimum Gasteiger partial charge on any atom is -0.444 e. The Morgan fingerprint density at radius 2 is 2.08 bits per heavy atom. The van der Waals surface area contributed by atoms with E-state index >= 15 is 0 Å². The summed E-state index contributed by atoms with van der Waals surface area (Å²) in [6.45, 7) is 5.93. The molecule has 2 N–H and O–H groups in total. The van der Waals surface area contributed by atoms with E-state index in [9.17, 15) is 4.79 Å². The molecule has 0 unspecified atom stereocenters. The van der Waals surface area contributed by atoms with Crippen molar-refractivity contribution in [1.82, 2.24) is 15.3 Å². The molecule has 0 spiro atoms. The van der Waals surface area contributed by atoms with Crippen molar-refractivity contribution >= 4 is 33.5 Å². The zero-order valence-corrected chi connectivity index (χ0v) is 15.5. The largest absolute Gasteiger partial charge is 0.444 e.